The molecule has 0 bridgehead atoms. The lowest BCUT2D eigenvalue weighted by Gasteiger charge is -2.33. The Bertz CT molecular complexity index is 973. The lowest BCUT2D eigenvalue weighted by atomic mass is 10.2. The van der Waals surface area contributed by atoms with Gasteiger partial charge in [-0.15, -0.1) is 0 Å². The fourth-order valence-corrected chi connectivity index (χ4v) is 4.35. The van der Waals surface area contributed by atoms with E-state index in [0.717, 1.165) is 0 Å². The van der Waals surface area contributed by atoms with Crippen molar-refractivity contribution in [3.63, 3.8) is 0 Å². The molecule has 0 saturated carbocycles. The van der Waals surface area contributed by atoms with Gasteiger partial charge in [0.05, 0.1) is 16.2 Å². The van der Waals surface area contributed by atoms with Crippen LogP contribution in [0.25, 0.3) is 0 Å². The van der Waals surface area contributed by atoms with Crippen LogP contribution in [0.1, 0.15) is 32.5 Å². The van der Waals surface area contributed by atoms with Crippen LogP contribution >= 0.6 is 0 Å². The summed E-state index contributed by atoms with van der Waals surface area (Å²) in [5.41, 5.74) is 0.521. The second kappa shape index (κ2) is 7.12. The van der Waals surface area contributed by atoms with Crippen molar-refractivity contribution >= 4 is 21.9 Å². The molecule has 2 heterocycles. The van der Waals surface area contributed by atoms with E-state index in [1.807, 2.05) is 0 Å². The molecule has 0 unspecified atom stereocenters. The van der Waals surface area contributed by atoms with E-state index in [4.69, 9.17) is 9.52 Å². The third-order valence-corrected chi connectivity index (χ3v) is 6.28. The summed E-state index contributed by atoms with van der Waals surface area (Å²) in [6, 6.07) is 5.06. The second-order valence-corrected chi connectivity index (χ2v) is 8.11. The molecule has 2 aromatic rings. The zero-order valence-corrected chi connectivity index (χ0v) is 15.7. The lowest BCUT2D eigenvalue weighted by molar-refractivity contribution is 0.0662. The van der Waals surface area contributed by atoms with Gasteiger partial charge in [0.2, 0.25) is 15.8 Å². The Morgan fingerprint density at radius 2 is 1.67 bits per heavy atom. The number of carboxylic acids is 1. The predicted molar refractivity (Wildman–Crippen MR) is 94.0 cm³/mol. The van der Waals surface area contributed by atoms with E-state index >= 15 is 0 Å². The van der Waals surface area contributed by atoms with E-state index in [2.05, 4.69) is 4.98 Å². The SMILES string of the molecule is Cc1nc(C)c(C(=O)N2CCN(S(=O)(=O)c3ccc(C(=O)O)cc3)CC2)o1. The van der Waals surface area contributed by atoms with E-state index in [-0.39, 0.29) is 48.3 Å². The maximum Gasteiger partial charge on any atom is 0.335 e. The molecule has 10 heteroatoms. The van der Waals surface area contributed by atoms with Gasteiger partial charge in [0.1, 0.15) is 0 Å². The highest BCUT2D eigenvalue weighted by Gasteiger charge is 2.32. The molecule has 1 aliphatic rings. The van der Waals surface area contributed by atoms with Crippen molar-refractivity contribution < 1.29 is 27.5 Å². The van der Waals surface area contributed by atoms with Crippen LogP contribution in [0.3, 0.4) is 0 Å². The number of oxazole rings is 1. The molecule has 1 aromatic carbocycles. The summed E-state index contributed by atoms with van der Waals surface area (Å²) >= 11 is 0. The monoisotopic (exact) mass is 393 g/mol. The van der Waals surface area contributed by atoms with Crippen LogP contribution in [-0.2, 0) is 10.0 Å². The molecule has 0 atom stereocenters. The summed E-state index contributed by atoms with van der Waals surface area (Å²) in [5, 5.41) is 8.91. The molecule has 1 fully saturated rings. The molecule has 1 N–H and O–H groups in total. The van der Waals surface area contributed by atoms with Gasteiger partial charge in [0.15, 0.2) is 5.89 Å². The number of piperazine rings is 1. The van der Waals surface area contributed by atoms with Crippen molar-refractivity contribution in [2.45, 2.75) is 18.7 Å². The molecule has 0 radical (unpaired) electrons. The highest BCUT2D eigenvalue weighted by Crippen LogP contribution is 2.20. The molecule has 144 valence electrons. The second-order valence-electron chi connectivity index (χ2n) is 6.17. The summed E-state index contributed by atoms with van der Waals surface area (Å²) in [5.74, 6) is -0.852. The minimum Gasteiger partial charge on any atom is -0.478 e. The van der Waals surface area contributed by atoms with Gasteiger partial charge in [-0.05, 0) is 31.2 Å². The van der Waals surface area contributed by atoms with Gasteiger partial charge < -0.3 is 14.4 Å². The number of aryl methyl sites for hydroxylation is 2. The first-order valence-corrected chi connectivity index (χ1v) is 9.71. The van der Waals surface area contributed by atoms with Gasteiger partial charge in [-0.3, -0.25) is 4.79 Å². The number of sulfonamides is 1. The van der Waals surface area contributed by atoms with Crippen LogP contribution in [0.2, 0.25) is 0 Å². The Morgan fingerprint density at radius 3 is 2.15 bits per heavy atom. The quantitative estimate of drug-likeness (QED) is 0.826. The Morgan fingerprint density at radius 1 is 1.07 bits per heavy atom. The molecule has 0 aliphatic carbocycles. The lowest BCUT2D eigenvalue weighted by Crippen LogP contribution is -2.50. The predicted octanol–water partition coefficient (Wildman–Crippen LogP) is 1.14. The van der Waals surface area contributed by atoms with Crippen molar-refractivity contribution in [2.75, 3.05) is 26.2 Å². The third-order valence-electron chi connectivity index (χ3n) is 4.36. The Hall–Kier alpha value is -2.72. The number of aromatic carboxylic acids is 1. The molecule has 1 amide bonds. The number of benzene rings is 1. The molecular formula is C17H19N3O6S. The molecule has 3 rings (SSSR count). The van der Waals surface area contributed by atoms with Crippen LogP contribution in [0.5, 0.6) is 0 Å². The number of hydrogen-bond acceptors (Lipinski definition) is 6. The topological polar surface area (TPSA) is 121 Å². The number of rotatable bonds is 4. The average molecular weight is 393 g/mol. The summed E-state index contributed by atoms with van der Waals surface area (Å²) in [7, 11) is -3.76. The smallest absolute Gasteiger partial charge is 0.335 e. The van der Waals surface area contributed by atoms with Crippen molar-refractivity contribution in [2.24, 2.45) is 0 Å². The molecule has 9 nitrogen and oxygen atoms in total. The molecule has 0 spiro atoms. The molecule has 1 aromatic heterocycles. The van der Waals surface area contributed by atoms with Gasteiger partial charge in [-0.2, -0.15) is 4.31 Å². The van der Waals surface area contributed by atoms with E-state index in [9.17, 15) is 18.0 Å². The average Bonchev–Trinajstić information content (AvgIpc) is 2.99. The van der Waals surface area contributed by atoms with Crippen molar-refractivity contribution in [3.05, 3.63) is 47.2 Å². The number of carboxylic acid groups (broad SMARTS) is 1. The van der Waals surface area contributed by atoms with Crippen LogP contribution in [0.15, 0.2) is 33.6 Å². The highest BCUT2D eigenvalue weighted by molar-refractivity contribution is 7.89. The van der Waals surface area contributed by atoms with Crippen LogP contribution in [0, 0.1) is 13.8 Å². The first-order valence-electron chi connectivity index (χ1n) is 8.27. The van der Waals surface area contributed by atoms with Crippen LogP contribution in [0.4, 0.5) is 0 Å². The number of amides is 1. The van der Waals surface area contributed by atoms with E-state index < -0.39 is 16.0 Å². The standard InChI is InChI=1S/C17H19N3O6S/c1-11-15(26-12(2)18-11)16(21)19-7-9-20(10-8-19)27(24,25)14-5-3-13(4-6-14)17(22)23/h3-6H,7-10H2,1-2H3,(H,22,23). The maximum absolute atomic E-state index is 12.7. The Labute approximate surface area is 156 Å². The van der Waals surface area contributed by atoms with Gasteiger partial charge >= 0.3 is 5.97 Å². The zero-order valence-electron chi connectivity index (χ0n) is 14.9. The normalized spacial score (nSPS) is 15.7. The first kappa shape index (κ1) is 19.1. The largest absolute Gasteiger partial charge is 0.478 e. The Balaban J connectivity index is 1.70. The van der Waals surface area contributed by atoms with E-state index in [1.54, 1.807) is 13.8 Å². The van der Waals surface area contributed by atoms with Crippen molar-refractivity contribution in [1.29, 1.82) is 0 Å². The van der Waals surface area contributed by atoms with Gasteiger partial charge in [0.25, 0.3) is 5.91 Å². The molecule has 27 heavy (non-hydrogen) atoms. The molecule has 1 aliphatic heterocycles. The first-order chi connectivity index (χ1) is 12.7. The zero-order chi connectivity index (χ0) is 19.8. The van der Waals surface area contributed by atoms with E-state index in [1.165, 1.54) is 33.5 Å². The number of hydrogen-bond donors (Lipinski definition) is 1. The van der Waals surface area contributed by atoms with E-state index in [0.29, 0.717) is 11.6 Å². The van der Waals surface area contributed by atoms with Crippen molar-refractivity contribution in [1.82, 2.24) is 14.2 Å². The minimum absolute atomic E-state index is 0.0158. The molecule has 1 saturated heterocycles. The highest BCUT2D eigenvalue weighted by atomic mass is 32.2. The van der Waals surface area contributed by atoms with Crippen LogP contribution < -0.4 is 0 Å². The maximum atomic E-state index is 12.7. The Kier molecular flexibility index (Phi) is 5.03. The van der Waals surface area contributed by atoms with Crippen molar-refractivity contribution in [3.8, 4) is 0 Å². The van der Waals surface area contributed by atoms with Crippen LogP contribution in [-0.4, -0.2) is 65.8 Å². The number of nitrogens with zero attached hydrogens (tertiary/aromatic N) is 3. The number of aromatic nitrogens is 1. The summed E-state index contributed by atoms with van der Waals surface area (Å²) in [6.45, 7) is 4.08. The van der Waals surface area contributed by atoms with Gasteiger partial charge in [0, 0.05) is 33.1 Å². The number of carbonyl (C=O) groups is 2. The molecular weight excluding hydrogens is 374 g/mol. The fourth-order valence-electron chi connectivity index (χ4n) is 2.92. The fraction of sp³-hybridized carbons (Fsp3) is 0.353. The minimum atomic E-state index is -3.76. The van der Waals surface area contributed by atoms with Gasteiger partial charge in [-0.1, -0.05) is 0 Å². The summed E-state index contributed by atoms with van der Waals surface area (Å²) < 4.78 is 32.1. The number of carbonyl (C=O) groups excluding carboxylic acids is 1. The third kappa shape index (κ3) is 3.71. The summed E-state index contributed by atoms with van der Waals surface area (Å²) in [4.78, 5) is 29.1. The van der Waals surface area contributed by atoms with Gasteiger partial charge in [-0.25, -0.2) is 18.2 Å². The summed E-state index contributed by atoms with van der Waals surface area (Å²) in [6.07, 6.45) is 0.